The predicted octanol–water partition coefficient (Wildman–Crippen LogP) is 3.14. The summed E-state index contributed by atoms with van der Waals surface area (Å²) >= 11 is 3.22. The summed E-state index contributed by atoms with van der Waals surface area (Å²) in [5.41, 5.74) is 7.60. The van der Waals surface area contributed by atoms with Crippen molar-refractivity contribution in [2.24, 2.45) is 0 Å². The summed E-state index contributed by atoms with van der Waals surface area (Å²) < 4.78 is 27.5. The zero-order chi connectivity index (χ0) is 14.0. The van der Waals surface area contributed by atoms with E-state index in [1.165, 1.54) is 6.07 Å². The largest absolute Gasteiger partial charge is 0.399 e. The quantitative estimate of drug-likeness (QED) is 0.843. The third kappa shape index (κ3) is 3.27. The Labute approximate surface area is 120 Å². The van der Waals surface area contributed by atoms with E-state index in [0.717, 1.165) is 5.56 Å². The summed E-state index contributed by atoms with van der Waals surface area (Å²) in [7, 11) is -3.66. The van der Waals surface area contributed by atoms with Gasteiger partial charge in [-0.1, -0.05) is 17.7 Å². The molecule has 0 amide bonds. The molecule has 4 nitrogen and oxygen atoms in total. The zero-order valence-corrected chi connectivity index (χ0v) is 12.6. The Morgan fingerprint density at radius 2 is 1.74 bits per heavy atom. The van der Waals surface area contributed by atoms with Gasteiger partial charge in [-0.3, -0.25) is 4.72 Å². The van der Waals surface area contributed by atoms with Crippen molar-refractivity contribution in [2.45, 2.75) is 11.8 Å². The van der Waals surface area contributed by atoms with Gasteiger partial charge in [0.2, 0.25) is 0 Å². The number of benzene rings is 2. The first-order chi connectivity index (χ1) is 8.88. The first-order valence-electron chi connectivity index (χ1n) is 5.53. The van der Waals surface area contributed by atoms with Crippen LogP contribution in [-0.4, -0.2) is 8.42 Å². The van der Waals surface area contributed by atoms with Crippen LogP contribution in [0, 0.1) is 6.92 Å². The van der Waals surface area contributed by atoms with E-state index < -0.39 is 10.0 Å². The zero-order valence-electron chi connectivity index (χ0n) is 10.2. The molecule has 0 saturated heterocycles. The third-order valence-corrected chi connectivity index (χ3v) is 4.92. The highest BCUT2D eigenvalue weighted by molar-refractivity contribution is 9.10. The van der Waals surface area contributed by atoms with E-state index in [2.05, 4.69) is 20.7 Å². The van der Waals surface area contributed by atoms with Crippen molar-refractivity contribution in [2.75, 3.05) is 10.5 Å². The van der Waals surface area contributed by atoms with Crippen LogP contribution in [0.3, 0.4) is 0 Å². The van der Waals surface area contributed by atoms with Crippen LogP contribution >= 0.6 is 15.9 Å². The van der Waals surface area contributed by atoms with Gasteiger partial charge in [-0.25, -0.2) is 8.42 Å². The number of rotatable bonds is 3. The van der Waals surface area contributed by atoms with Crippen LogP contribution in [0.1, 0.15) is 5.56 Å². The van der Waals surface area contributed by atoms with Crippen LogP contribution in [0.5, 0.6) is 0 Å². The molecule has 2 aromatic rings. The molecular weight excluding hydrogens is 328 g/mol. The highest BCUT2D eigenvalue weighted by atomic mass is 79.9. The van der Waals surface area contributed by atoms with Gasteiger partial charge in [-0.05, 0) is 53.2 Å². The average Bonchev–Trinajstić information content (AvgIpc) is 2.35. The molecule has 2 rings (SSSR count). The Morgan fingerprint density at radius 1 is 1.11 bits per heavy atom. The summed E-state index contributed by atoms with van der Waals surface area (Å²) in [4.78, 5) is 0.119. The van der Waals surface area contributed by atoms with Gasteiger partial charge < -0.3 is 5.73 Å². The van der Waals surface area contributed by atoms with Gasteiger partial charge in [0, 0.05) is 15.8 Å². The smallest absolute Gasteiger partial charge is 0.263 e. The third-order valence-electron chi connectivity index (χ3n) is 2.55. The van der Waals surface area contributed by atoms with Crippen molar-refractivity contribution in [3.8, 4) is 0 Å². The number of nitrogen functional groups attached to an aromatic ring is 1. The Morgan fingerprint density at radius 3 is 2.37 bits per heavy atom. The van der Waals surface area contributed by atoms with E-state index in [-0.39, 0.29) is 4.90 Å². The highest BCUT2D eigenvalue weighted by Gasteiger charge is 2.18. The average molecular weight is 341 g/mol. The fourth-order valence-electron chi connectivity index (χ4n) is 1.56. The number of nitrogens with two attached hydrogens (primary N) is 1. The van der Waals surface area contributed by atoms with Crippen LogP contribution in [0.4, 0.5) is 11.4 Å². The molecular formula is C13H13BrN2O2S. The molecule has 0 atom stereocenters. The van der Waals surface area contributed by atoms with Crippen molar-refractivity contribution < 1.29 is 8.42 Å². The fourth-order valence-corrected chi connectivity index (χ4v) is 3.62. The second-order valence-electron chi connectivity index (χ2n) is 4.16. The normalized spacial score (nSPS) is 11.3. The molecule has 2 aromatic carbocycles. The summed E-state index contributed by atoms with van der Waals surface area (Å²) in [5.74, 6) is 0. The van der Waals surface area contributed by atoms with Crippen molar-refractivity contribution in [3.05, 3.63) is 52.5 Å². The lowest BCUT2D eigenvalue weighted by Crippen LogP contribution is -2.13. The first kappa shape index (κ1) is 13.9. The SMILES string of the molecule is Cc1ccc(NS(=O)(=O)c2cc(N)ccc2Br)cc1. The molecule has 0 aliphatic heterocycles. The summed E-state index contributed by atoms with van der Waals surface area (Å²) in [6.45, 7) is 1.94. The van der Waals surface area contributed by atoms with E-state index >= 15 is 0 Å². The summed E-state index contributed by atoms with van der Waals surface area (Å²) in [6.07, 6.45) is 0. The molecule has 0 saturated carbocycles. The van der Waals surface area contributed by atoms with Crippen molar-refractivity contribution in [3.63, 3.8) is 0 Å². The minimum Gasteiger partial charge on any atom is -0.399 e. The Balaban J connectivity index is 2.37. The van der Waals surface area contributed by atoms with Crippen LogP contribution in [0.15, 0.2) is 51.8 Å². The fraction of sp³-hybridized carbons (Fsp3) is 0.0769. The maximum Gasteiger partial charge on any atom is 0.263 e. The van der Waals surface area contributed by atoms with Crippen LogP contribution in [0.2, 0.25) is 0 Å². The second kappa shape index (κ2) is 5.22. The van der Waals surface area contributed by atoms with Crippen molar-refractivity contribution in [1.82, 2.24) is 0 Å². The molecule has 3 N–H and O–H groups in total. The molecule has 0 fully saturated rings. The minimum absolute atomic E-state index is 0.119. The second-order valence-corrected chi connectivity index (χ2v) is 6.67. The number of sulfonamides is 1. The summed E-state index contributed by atoms with van der Waals surface area (Å²) in [5, 5.41) is 0. The molecule has 0 bridgehead atoms. The Bertz CT molecular complexity index is 697. The van der Waals surface area contributed by atoms with Gasteiger partial charge in [0.15, 0.2) is 0 Å². The van der Waals surface area contributed by atoms with Gasteiger partial charge in [-0.15, -0.1) is 0 Å². The molecule has 0 unspecified atom stereocenters. The maximum absolute atomic E-state index is 12.3. The molecule has 19 heavy (non-hydrogen) atoms. The van der Waals surface area contributed by atoms with E-state index in [4.69, 9.17) is 5.73 Å². The maximum atomic E-state index is 12.3. The minimum atomic E-state index is -3.66. The molecule has 0 radical (unpaired) electrons. The lowest BCUT2D eigenvalue weighted by Gasteiger charge is -2.10. The number of hydrogen-bond donors (Lipinski definition) is 2. The van der Waals surface area contributed by atoms with Crippen LogP contribution in [0.25, 0.3) is 0 Å². The number of nitrogens with one attached hydrogen (secondary N) is 1. The van der Waals surface area contributed by atoms with Crippen molar-refractivity contribution in [1.29, 1.82) is 0 Å². The van der Waals surface area contributed by atoms with E-state index in [9.17, 15) is 8.42 Å². The number of aryl methyl sites for hydroxylation is 1. The monoisotopic (exact) mass is 340 g/mol. The topological polar surface area (TPSA) is 72.2 Å². The van der Waals surface area contributed by atoms with E-state index in [1.807, 2.05) is 19.1 Å². The standard InChI is InChI=1S/C13H13BrN2O2S/c1-9-2-5-11(6-3-9)16-19(17,18)13-8-10(15)4-7-12(13)14/h2-8,16H,15H2,1H3. The van der Waals surface area contributed by atoms with Gasteiger partial charge in [0.05, 0.1) is 0 Å². The van der Waals surface area contributed by atoms with Crippen LogP contribution in [-0.2, 0) is 10.0 Å². The number of anilines is 2. The molecule has 6 heteroatoms. The molecule has 0 aliphatic rings. The van der Waals surface area contributed by atoms with Gasteiger partial charge in [-0.2, -0.15) is 0 Å². The van der Waals surface area contributed by atoms with Crippen LogP contribution < -0.4 is 10.5 Å². The van der Waals surface area contributed by atoms with Gasteiger partial charge in [0.1, 0.15) is 4.90 Å². The predicted molar refractivity (Wildman–Crippen MR) is 80.5 cm³/mol. The van der Waals surface area contributed by atoms with Gasteiger partial charge >= 0.3 is 0 Å². The van der Waals surface area contributed by atoms with E-state index in [1.54, 1.807) is 24.3 Å². The molecule has 100 valence electrons. The Hall–Kier alpha value is -1.53. The molecule has 0 aliphatic carbocycles. The van der Waals surface area contributed by atoms with Gasteiger partial charge in [0.25, 0.3) is 10.0 Å². The van der Waals surface area contributed by atoms with E-state index in [0.29, 0.717) is 15.8 Å². The number of halogens is 1. The number of hydrogen-bond acceptors (Lipinski definition) is 3. The molecule has 0 aromatic heterocycles. The highest BCUT2D eigenvalue weighted by Crippen LogP contribution is 2.26. The van der Waals surface area contributed by atoms with Crippen molar-refractivity contribution >= 4 is 37.3 Å². The Kier molecular flexibility index (Phi) is 3.82. The lowest BCUT2D eigenvalue weighted by atomic mass is 10.2. The summed E-state index contributed by atoms with van der Waals surface area (Å²) in [6, 6.07) is 11.8. The first-order valence-corrected chi connectivity index (χ1v) is 7.80. The lowest BCUT2D eigenvalue weighted by molar-refractivity contribution is 0.601. The molecule has 0 heterocycles. The molecule has 0 spiro atoms.